The van der Waals surface area contributed by atoms with E-state index in [9.17, 15) is 10.1 Å². The highest BCUT2D eigenvalue weighted by atomic mass is 16.5. The lowest BCUT2D eigenvalue weighted by Gasteiger charge is -2.35. The number of nitrogens with zero attached hydrogens (tertiary/aromatic N) is 7. The average Bonchev–Trinajstić information content (AvgIpc) is 3.40. The van der Waals surface area contributed by atoms with Crippen molar-refractivity contribution in [2.75, 3.05) is 31.2 Å². The van der Waals surface area contributed by atoms with Crippen molar-refractivity contribution in [1.82, 2.24) is 24.5 Å². The van der Waals surface area contributed by atoms with Crippen LogP contribution in [0, 0.1) is 17.2 Å². The van der Waals surface area contributed by atoms with Gasteiger partial charge in [-0.25, -0.2) is 0 Å². The van der Waals surface area contributed by atoms with Crippen LogP contribution in [0.3, 0.4) is 0 Å². The van der Waals surface area contributed by atoms with Crippen LogP contribution in [-0.4, -0.2) is 56.7 Å². The van der Waals surface area contributed by atoms with Gasteiger partial charge in [0, 0.05) is 67.8 Å². The maximum Gasteiger partial charge on any atom is 0.219 e. The number of ether oxygens (including phenoxy) is 1. The average molecular weight is 472 g/mol. The second kappa shape index (κ2) is 8.24. The van der Waals surface area contributed by atoms with Crippen molar-refractivity contribution in [1.29, 1.82) is 5.26 Å². The molecule has 9 nitrogen and oxygen atoms in total. The van der Waals surface area contributed by atoms with Crippen LogP contribution in [0.1, 0.15) is 42.3 Å². The summed E-state index contributed by atoms with van der Waals surface area (Å²) in [7, 11) is 1.88. The van der Waals surface area contributed by atoms with Gasteiger partial charge in [-0.1, -0.05) is 6.92 Å². The topological polar surface area (TPSA) is 92.2 Å². The van der Waals surface area contributed by atoms with E-state index in [-0.39, 0.29) is 11.9 Å². The minimum absolute atomic E-state index is 0.0848. The van der Waals surface area contributed by atoms with Gasteiger partial charge >= 0.3 is 0 Å². The standard InChI is InChI=1S/C26H29N7O2/c1-16-6-18-7-22(20-10-28-30(3)12-20)19(9-27)8-25(18)32(11-16)26-23-13-31(17(2)34)5-4-24(23)33(29-26)21-14-35-15-21/h7-8,10,12,16,21H,4-6,11,13-15H2,1-3H3. The Hall–Kier alpha value is -3.64. The van der Waals surface area contributed by atoms with Crippen molar-refractivity contribution in [2.24, 2.45) is 13.0 Å². The molecular weight excluding hydrogens is 442 g/mol. The Balaban J connectivity index is 1.49. The number of aryl methyl sites for hydroxylation is 1. The molecular formula is C26H29N7O2. The molecule has 180 valence electrons. The molecule has 2 aromatic heterocycles. The second-order valence-corrected chi connectivity index (χ2v) is 10.0. The van der Waals surface area contributed by atoms with E-state index < -0.39 is 0 Å². The summed E-state index contributed by atoms with van der Waals surface area (Å²) in [6.45, 7) is 7.31. The highest BCUT2D eigenvalue weighted by Crippen LogP contribution is 2.42. The van der Waals surface area contributed by atoms with E-state index in [0.29, 0.717) is 37.8 Å². The Kier molecular flexibility index (Phi) is 5.15. The molecule has 1 amide bonds. The number of carbonyl (C=O) groups excluding carboxylic acids is 1. The fourth-order valence-electron chi connectivity index (χ4n) is 5.57. The third kappa shape index (κ3) is 3.60. The van der Waals surface area contributed by atoms with Gasteiger partial charge in [0.1, 0.15) is 0 Å². The molecule has 0 bridgehead atoms. The molecule has 6 rings (SSSR count). The zero-order valence-corrected chi connectivity index (χ0v) is 20.4. The maximum atomic E-state index is 12.2. The molecule has 1 fully saturated rings. The highest BCUT2D eigenvalue weighted by molar-refractivity contribution is 5.79. The number of hydrogen-bond donors (Lipinski definition) is 0. The Bertz CT molecular complexity index is 1360. The molecule has 0 saturated carbocycles. The number of rotatable bonds is 3. The van der Waals surface area contributed by atoms with E-state index in [4.69, 9.17) is 9.84 Å². The van der Waals surface area contributed by atoms with Gasteiger partial charge in [-0.05, 0) is 30.0 Å². The lowest BCUT2D eigenvalue weighted by Crippen LogP contribution is -2.37. The first-order valence-corrected chi connectivity index (χ1v) is 12.2. The first kappa shape index (κ1) is 21.9. The van der Waals surface area contributed by atoms with Crippen LogP contribution < -0.4 is 4.90 Å². The molecule has 0 N–H and O–H groups in total. The van der Waals surface area contributed by atoms with E-state index in [0.717, 1.165) is 47.6 Å². The van der Waals surface area contributed by atoms with Gasteiger partial charge in [0.2, 0.25) is 5.91 Å². The molecule has 1 atom stereocenters. The van der Waals surface area contributed by atoms with Gasteiger partial charge in [-0.15, -0.1) is 0 Å². The van der Waals surface area contributed by atoms with Crippen molar-refractivity contribution >= 4 is 17.4 Å². The van der Waals surface area contributed by atoms with Crippen molar-refractivity contribution in [3.05, 3.63) is 46.9 Å². The molecule has 1 saturated heterocycles. The summed E-state index contributed by atoms with van der Waals surface area (Å²) < 4.78 is 9.37. The second-order valence-electron chi connectivity index (χ2n) is 10.0. The number of carbonyl (C=O) groups is 1. The number of amides is 1. The van der Waals surface area contributed by atoms with Gasteiger partial charge in [0.15, 0.2) is 5.82 Å². The fourth-order valence-corrected chi connectivity index (χ4v) is 5.57. The van der Waals surface area contributed by atoms with Gasteiger partial charge in [-0.2, -0.15) is 15.5 Å². The van der Waals surface area contributed by atoms with Crippen LogP contribution in [0.15, 0.2) is 24.5 Å². The number of benzene rings is 1. The van der Waals surface area contributed by atoms with Crippen molar-refractivity contribution < 1.29 is 9.53 Å². The maximum absolute atomic E-state index is 12.2. The van der Waals surface area contributed by atoms with Gasteiger partial charge < -0.3 is 14.5 Å². The molecule has 5 heterocycles. The Morgan fingerprint density at radius 1 is 1.29 bits per heavy atom. The quantitative estimate of drug-likeness (QED) is 0.583. The largest absolute Gasteiger partial charge is 0.377 e. The summed E-state index contributed by atoms with van der Waals surface area (Å²) in [6, 6.07) is 6.80. The first-order chi connectivity index (χ1) is 16.9. The first-order valence-electron chi connectivity index (χ1n) is 12.2. The third-order valence-corrected chi connectivity index (χ3v) is 7.44. The highest BCUT2D eigenvalue weighted by Gasteiger charge is 2.35. The lowest BCUT2D eigenvalue weighted by molar-refractivity contribution is -0.129. The molecule has 3 aliphatic rings. The summed E-state index contributed by atoms with van der Waals surface area (Å²) in [6.07, 6.45) is 5.48. The predicted molar refractivity (Wildman–Crippen MR) is 130 cm³/mol. The Morgan fingerprint density at radius 3 is 2.77 bits per heavy atom. The molecule has 35 heavy (non-hydrogen) atoms. The number of hydrogen-bond acceptors (Lipinski definition) is 6. The minimum Gasteiger partial charge on any atom is -0.377 e. The minimum atomic E-state index is 0.0848. The van der Waals surface area contributed by atoms with Crippen molar-refractivity contribution in [3.8, 4) is 17.2 Å². The monoisotopic (exact) mass is 471 g/mol. The summed E-state index contributed by atoms with van der Waals surface area (Å²) in [5.74, 6) is 1.41. The molecule has 1 unspecified atom stereocenters. The fraction of sp³-hybridized carbons (Fsp3) is 0.462. The zero-order valence-electron chi connectivity index (χ0n) is 20.4. The van der Waals surface area contributed by atoms with Gasteiger partial charge in [-0.3, -0.25) is 14.2 Å². The van der Waals surface area contributed by atoms with E-state index >= 15 is 0 Å². The molecule has 9 heteroatoms. The van der Waals surface area contributed by atoms with E-state index in [2.05, 4.69) is 33.7 Å². The van der Waals surface area contributed by atoms with Crippen LogP contribution in [0.2, 0.25) is 0 Å². The molecule has 1 aromatic carbocycles. The van der Waals surface area contributed by atoms with Crippen LogP contribution in [0.4, 0.5) is 11.5 Å². The van der Waals surface area contributed by atoms with E-state index in [1.165, 1.54) is 11.3 Å². The molecule has 0 radical (unpaired) electrons. The summed E-state index contributed by atoms with van der Waals surface area (Å²) in [4.78, 5) is 16.4. The third-order valence-electron chi connectivity index (χ3n) is 7.44. The van der Waals surface area contributed by atoms with E-state index in [1.807, 2.05) is 30.4 Å². The Labute approximate surface area is 204 Å². The Morgan fingerprint density at radius 2 is 2.11 bits per heavy atom. The lowest BCUT2D eigenvalue weighted by atomic mass is 9.89. The SMILES string of the molecule is CC(=O)N1CCc2c(c(N3CC(C)Cc4cc(-c5cnn(C)c5)c(C#N)cc43)nn2C2COC2)C1. The van der Waals surface area contributed by atoms with Crippen LogP contribution >= 0.6 is 0 Å². The molecule has 3 aromatic rings. The molecule has 0 aliphatic carbocycles. The normalized spacial score (nSPS) is 19.7. The number of anilines is 2. The molecule has 0 spiro atoms. The van der Waals surface area contributed by atoms with Gasteiger partial charge in [0.25, 0.3) is 0 Å². The van der Waals surface area contributed by atoms with Crippen LogP contribution in [0.25, 0.3) is 11.1 Å². The van der Waals surface area contributed by atoms with Crippen LogP contribution in [0.5, 0.6) is 0 Å². The van der Waals surface area contributed by atoms with Gasteiger partial charge in [0.05, 0.1) is 43.6 Å². The summed E-state index contributed by atoms with van der Waals surface area (Å²) in [5.41, 5.74) is 7.05. The zero-order chi connectivity index (χ0) is 24.3. The summed E-state index contributed by atoms with van der Waals surface area (Å²) >= 11 is 0. The summed E-state index contributed by atoms with van der Waals surface area (Å²) in [5, 5.41) is 19.5. The van der Waals surface area contributed by atoms with Crippen molar-refractivity contribution in [2.45, 2.75) is 39.3 Å². The van der Waals surface area contributed by atoms with E-state index in [1.54, 1.807) is 11.6 Å². The number of fused-ring (bicyclic) bond motifs is 2. The smallest absolute Gasteiger partial charge is 0.219 e. The number of aromatic nitrogens is 4. The number of nitriles is 1. The van der Waals surface area contributed by atoms with Crippen LogP contribution in [-0.2, 0) is 36.0 Å². The van der Waals surface area contributed by atoms with Crippen molar-refractivity contribution in [3.63, 3.8) is 0 Å². The predicted octanol–water partition coefficient (Wildman–Crippen LogP) is 2.96. The molecule has 3 aliphatic heterocycles.